The first-order valence-electron chi connectivity index (χ1n) is 9.17. The molecule has 0 aliphatic rings. The van der Waals surface area contributed by atoms with Crippen LogP contribution in [0, 0.1) is 0 Å². The molecular weight excluding hydrogens is 380 g/mol. The van der Waals surface area contributed by atoms with Gasteiger partial charge in [0.2, 0.25) is 0 Å². The van der Waals surface area contributed by atoms with Crippen molar-refractivity contribution in [1.29, 1.82) is 0 Å². The number of allylic oxidation sites excluding steroid dienone is 2. The molecule has 0 bridgehead atoms. The third-order valence-electron chi connectivity index (χ3n) is 4.40. The SMILES string of the molecule is COc1ccc(C=CC(=O)c2ccc(C(=O)C=Cc3ccc(O)cc3)cc2)cc1O. The number of phenolic OH excluding ortho intramolecular Hbond substituents is 2. The number of ether oxygens (including phenoxy) is 1. The number of benzene rings is 3. The fourth-order valence-corrected chi connectivity index (χ4v) is 2.73. The number of hydrogen-bond acceptors (Lipinski definition) is 5. The van der Waals surface area contributed by atoms with E-state index in [2.05, 4.69) is 0 Å². The number of carbonyl (C=O) groups excluding carboxylic acids is 2. The molecule has 3 aromatic rings. The molecule has 2 N–H and O–H groups in total. The fraction of sp³-hybridized carbons (Fsp3) is 0.0400. The molecule has 0 heterocycles. The van der Waals surface area contributed by atoms with E-state index in [-0.39, 0.29) is 23.1 Å². The minimum atomic E-state index is -0.219. The highest BCUT2D eigenvalue weighted by Gasteiger charge is 2.06. The lowest BCUT2D eigenvalue weighted by atomic mass is 10.0. The second kappa shape index (κ2) is 9.39. The van der Waals surface area contributed by atoms with Gasteiger partial charge in [0.25, 0.3) is 0 Å². The standard InChI is InChI=1S/C25H20O5/c1-30-25-15-6-18(16-24(25)29)5-14-23(28)20-9-7-19(8-10-20)22(27)13-4-17-2-11-21(26)12-3-17/h2-16,26,29H,1H3. The highest BCUT2D eigenvalue weighted by atomic mass is 16.5. The van der Waals surface area contributed by atoms with Gasteiger partial charge in [-0.1, -0.05) is 54.6 Å². The van der Waals surface area contributed by atoms with Crippen LogP contribution in [0.4, 0.5) is 0 Å². The van der Waals surface area contributed by atoms with E-state index in [1.54, 1.807) is 72.8 Å². The summed E-state index contributed by atoms with van der Waals surface area (Å²) in [5.74, 6) is 0.111. The minimum Gasteiger partial charge on any atom is -0.508 e. The first kappa shape index (κ1) is 20.6. The van der Waals surface area contributed by atoms with Crippen LogP contribution < -0.4 is 4.74 Å². The van der Waals surface area contributed by atoms with Crippen LogP contribution in [-0.4, -0.2) is 28.9 Å². The quantitative estimate of drug-likeness (QED) is 0.435. The predicted octanol–water partition coefficient (Wildman–Crippen LogP) is 4.90. The summed E-state index contributed by atoms with van der Waals surface area (Å²) in [4.78, 5) is 24.6. The first-order valence-corrected chi connectivity index (χ1v) is 9.17. The van der Waals surface area contributed by atoms with E-state index >= 15 is 0 Å². The van der Waals surface area contributed by atoms with Crippen molar-refractivity contribution >= 4 is 23.7 Å². The van der Waals surface area contributed by atoms with Crippen molar-refractivity contribution in [2.45, 2.75) is 0 Å². The highest BCUT2D eigenvalue weighted by molar-refractivity contribution is 6.09. The number of aromatic hydroxyl groups is 2. The van der Waals surface area contributed by atoms with Gasteiger partial charge in [-0.05, 0) is 47.5 Å². The number of rotatable bonds is 7. The normalized spacial score (nSPS) is 11.1. The van der Waals surface area contributed by atoms with E-state index in [4.69, 9.17) is 4.74 Å². The average molecular weight is 400 g/mol. The van der Waals surface area contributed by atoms with Crippen LogP contribution in [0.5, 0.6) is 17.2 Å². The molecule has 3 aromatic carbocycles. The lowest BCUT2D eigenvalue weighted by Crippen LogP contribution is -1.98. The van der Waals surface area contributed by atoms with E-state index in [0.29, 0.717) is 22.4 Å². The zero-order valence-corrected chi connectivity index (χ0v) is 16.3. The summed E-state index contributed by atoms with van der Waals surface area (Å²) in [5.41, 5.74) is 2.36. The Labute approximate surface area is 174 Å². The van der Waals surface area contributed by atoms with Gasteiger partial charge < -0.3 is 14.9 Å². The largest absolute Gasteiger partial charge is 0.508 e. The average Bonchev–Trinajstić information content (AvgIpc) is 2.77. The summed E-state index contributed by atoms with van der Waals surface area (Å²) in [6, 6.07) is 17.7. The lowest BCUT2D eigenvalue weighted by molar-refractivity contribution is 0.103. The Balaban J connectivity index is 1.65. The van der Waals surface area contributed by atoms with E-state index in [0.717, 1.165) is 5.56 Å². The van der Waals surface area contributed by atoms with Gasteiger partial charge in [-0.25, -0.2) is 0 Å². The molecule has 0 unspecified atom stereocenters. The Kier molecular flexibility index (Phi) is 6.45. The molecule has 0 amide bonds. The van der Waals surface area contributed by atoms with Crippen LogP contribution >= 0.6 is 0 Å². The molecule has 0 saturated heterocycles. The predicted molar refractivity (Wildman–Crippen MR) is 116 cm³/mol. The number of hydrogen-bond donors (Lipinski definition) is 2. The van der Waals surface area contributed by atoms with Crippen molar-refractivity contribution in [3.63, 3.8) is 0 Å². The van der Waals surface area contributed by atoms with Crippen LogP contribution in [0.25, 0.3) is 12.2 Å². The number of methoxy groups -OCH3 is 1. The molecule has 0 saturated carbocycles. The second-order valence-electron chi connectivity index (χ2n) is 6.50. The monoisotopic (exact) mass is 400 g/mol. The summed E-state index contributed by atoms with van der Waals surface area (Å²) in [5, 5.41) is 19.1. The Bertz CT molecular complexity index is 1110. The van der Waals surface area contributed by atoms with Crippen molar-refractivity contribution in [1.82, 2.24) is 0 Å². The van der Waals surface area contributed by atoms with E-state index in [9.17, 15) is 19.8 Å². The molecule has 30 heavy (non-hydrogen) atoms. The van der Waals surface area contributed by atoms with Crippen molar-refractivity contribution < 1.29 is 24.5 Å². The third kappa shape index (κ3) is 5.23. The van der Waals surface area contributed by atoms with Crippen LogP contribution in [-0.2, 0) is 0 Å². The van der Waals surface area contributed by atoms with E-state index < -0.39 is 0 Å². The summed E-state index contributed by atoms with van der Waals surface area (Å²) in [6.45, 7) is 0. The maximum atomic E-state index is 12.4. The van der Waals surface area contributed by atoms with Crippen LogP contribution in [0.1, 0.15) is 31.8 Å². The zero-order valence-electron chi connectivity index (χ0n) is 16.3. The number of phenols is 2. The molecule has 5 heteroatoms. The summed E-state index contributed by atoms with van der Waals surface area (Å²) in [7, 11) is 1.46. The summed E-state index contributed by atoms with van der Waals surface area (Å²) in [6.07, 6.45) is 6.11. The smallest absolute Gasteiger partial charge is 0.185 e. The van der Waals surface area contributed by atoms with E-state index in [1.165, 1.54) is 25.3 Å². The van der Waals surface area contributed by atoms with Gasteiger partial charge >= 0.3 is 0 Å². The summed E-state index contributed by atoms with van der Waals surface area (Å²) < 4.78 is 4.99. The Morgan fingerprint density at radius 3 is 1.73 bits per heavy atom. The topological polar surface area (TPSA) is 83.8 Å². The number of carbonyl (C=O) groups is 2. The van der Waals surface area contributed by atoms with Gasteiger partial charge in [0.15, 0.2) is 23.1 Å². The van der Waals surface area contributed by atoms with E-state index in [1.807, 2.05) is 0 Å². The molecule has 0 radical (unpaired) electrons. The zero-order chi connectivity index (χ0) is 21.5. The van der Waals surface area contributed by atoms with Gasteiger partial charge in [0.05, 0.1) is 7.11 Å². The van der Waals surface area contributed by atoms with Gasteiger partial charge in [-0.2, -0.15) is 0 Å². The molecular formula is C25H20O5. The highest BCUT2D eigenvalue weighted by Crippen LogP contribution is 2.26. The fourth-order valence-electron chi connectivity index (χ4n) is 2.73. The molecule has 0 spiro atoms. The molecule has 3 rings (SSSR count). The number of ketones is 2. The minimum absolute atomic E-state index is 0.00433. The molecule has 0 atom stereocenters. The molecule has 150 valence electrons. The molecule has 0 aliphatic carbocycles. The van der Waals surface area contributed by atoms with Crippen molar-refractivity contribution in [2.75, 3.05) is 7.11 Å². The van der Waals surface area contributed by atoms with Gasteiger partial charge in [0, 0.05) is 11.1 Å². The Hall–Kier alpha value is -4.12. The lowest BCUT2D eigenvalue weighted by Gasteiger charge is -2.03. The van der Waals surface area contributed by atoms with Gasteiger partial charge in [-0.15, -0.1) is 0 Å². The van der Waals surface area contributed by atoms with Gasteiger partial charge in [0.1, 0.15) is 5.75 Å². The molecule has 5 nitrogen and oxygen atoms in total. The summed E-state index contributed by atoms with van der Waals surface area (Å²) >= 11 is 0. The van der Waals surface area contributed by atoms with Crippen LogP contribution in [0.15, 0.2) is 78.9 Å². The maximum Gasteiger partial charge on any atom is 0.185 e. The van der Waals surface area contributed by atoms with Gasteiger partial charge in [-0.3, -0.25) is 9.59 Å². The molecule has 0 aromatic heterocycles. The van der Waals surface area contributed by atoms with Crippen molar-refractivity contribution in [3.8, 4) is 17.2 Å². The molecule has 0 aliphatic heterocycles. The van der Waals surface area contributed by atoms with Crippen LogP contribution in [0.3, 0.4) is 0 Å². The second-order valence-corrected chi connectivity index (χ2v) is 6.50. The van der Waals surface area contributed by atoms with Crippen molar-refractivity contribution in [3.05, 3.63) is 101 Å². The Morgan fingerprint density at radius 1 is 0.733 bits per heavy atom. The third-order valence-corrected chi connectivity index (χ3v) is 4.40. The maximum absolute atomic E-state index is 12.4. The first-order chi connectivity index (χ1) is 14.5. The Morgan fingerprint density at radius 2 is 1.23 bits per heavy atom. The molecule has 0 fully saturated rings. The van der Waals surface area contributed by atoms with Crippen molar-refractivity contribution in [2.24, 2.45) is 0 Å². The van der Waals surface area contributed by atoms with Crippen LogP contribution in [0.2, 0.25) is 0 Å².